The Bertz CT molecular complexity index is 384. The van der Waals surface area contributed by atoms with Gasteiger partial charge in [-0.3, -0.25) is 4.79 Å². The molecule has 0 saturated carbocycles. The molecule has 78 valence electrons. The van der Waals surface area contributed by atoms with Gasteiger partial charge in [0.2, 0.25) is 0 Å². The number of carbonyl (C=O) groups is 1. The van der Waals surface area contributed by atoms with Crippen LogP contribution in [0.1, 0.15) is 11.1 Å². The van der Waals surface area contributed by atoms with Crippen LogP contribution in [0.5, 0.6) is 0 Å². The van der Waals surface area contributed by atoms with Crippen molar-refractivity contribution in [1.29, 1.82) is 0 Å². The van der Waals surface area contributed by atoms with Crippen molar-refractivity contribution in [2.75, 3.05) is 13.1 Å². The van der Waals surface area contributed by atoms with Crippen molar-refractivity contribution < 1.29 is 4.79 Å². The molecule has 0 atom stereocenters. The van der Waals surface area contributed by atoms with E-state index in [0.717, 1.165) is 5.56 Å². The molecule has 0 heterocycles. The summed E-state index contributed by atoms with van der Waals surface area (Å²) < 4.78 is 0. The Kier molecular flexibility index (Phi) is 4.39. The molecular weight excluding hydrogens is 188 g/mol. The van der Waals surface area contributed by atoms with E-state index in [1.54, 1.807) is 0 Å². The first-order chi connectivity index (χ1) is 7.22. The Labute approximate surface area is 89.7 Å². The summed E-state index contributed by atoms with van der Waals surface area (Å²) in [4.78, 5) is 11.1. The van der Waals surface area contributed by atoms with E-state index >= 15 is 0 Å². The molecule has 3 nitrogen and oxygen atoms in total. The maximum atomic E-state index is 11.1. The molecule has 0 aliphatic heterocycles. The van der Waals surface area contributed by atoms with Crippen molar-refractivity contribution in [2.45, 2.75) is 6.92 Å². The van der Waals surface area contributed by atoms with Crippen LogP contribution in [0.3, 0.4) is 0 Å². The van der Waals surface area contributed by atoms with E-state index in [4.69, 9.17) is 5.73 Å². The van der Waals surface area contributed by atoms with Gasteiger partial charge >= 0.3 is 0 Å². The van der Waals surface area contributed by atoms with E-state index in [0.29, 0.717) is 13.1 Å². The van der Waals surface area contributed by atoms with E-state index in [1.807, 2.05) is 31.2 Å². The van der Waals surface area contributed by atoms with Gasteiger partial charge in [-0.05, 0) is 19.1 Å². The second-order valence-electron chi connectivity index (χ2n) is 3.16. The Morgan fingerprint density at radius 1 is 1.40 bits per heavy atom. The van der Waals surface area contributed by atoms with Crippen LogP contribution in [0, 0.1) is 18.8 Å². The van der Waals surface area contributed by atoms with Crippen LogP contribution in [-0.4, -0.2) is 19.0 Å². The summed E-state index contributed by atoms with van der Waals surface area (Å²) in [5.74, 6) is 4.98. The molecule has 0 spiro atoms. The second kappa shape index (κ2) is 5.84. The van der Waals surface area contributed by atoms with Crippen molar-refractivity contribution in [1.82, 2.24) is 5.32 Å². The van der Waals surface area contributed by atoms with Crippen molar-refractivity contribution >= 4 is 5.91 Å². The summed E-state index contributed by atoms with van der Waals surface area (Å²) in [6.45, 7) is 2.89. The molecule has 0 aromatic heterocycles. The van der Waals surface area contributed by atoms with Gasteiger partial charge in [0.15, 0.2) is 0 Å². The third-order valence-corrected chi connectivity index (χ3v) is 1.80. The fraction of sp³-hybridized carbons (Fsp3) is 0.250. The Hall–Kier alpha value is -1.79. The molecule has 1 aromatic carbocycles. The number of amides is 1. The predicted molar refractivity (Wildman–Crippen MR) is 60.1 cm³/mol. The van der Waals surface area contributed by atoms with Crippen LogP contribution in [0.2, 0.25) is 0 Å². The number of hydrogen-bond donors (Lipinski definition) is 2. The highest BCUT2D eigenvalue weighted by atomic mass is 16.1. The Morgan fingerprint density at radius 2 is 2.07 bits per heavy atom. The quantitative estimate of drug-likeness (QED) is 0.683. The van der Waals surface area contributed by atoms with Crippen LogP contribution < -0.4 is 11.1 Å². The third kappa shape index (κ3) is 4.30. The summed E-state index contributed by atoms with van der Waals surface area (Å²) in [7, 11) is 0. The minimum absolute atomic E-state index is 0.291. The number of nitrogens with one attached hydrogen (secondary N) is 1. The molecule has 0 bridgehead atoms. The maximum Gasteiger partial charge on any atom is 0.296 e. The first kappa shape index (κ1) is 11.3. The molecular formula is C12H14N2O. The monoisotopic (exact) mass is 202 g/mol. The highest BCUT2D eigenvalue weighted by Crippen LogP contribution is 2.00. The van der Waals surface area contributed by atoms with Gasteiger partial charge in [-0.1, -0.05) is 23.6 Å². The number of rotatable bonds is 2. The van der Waals surface area contributed by atoms with Gasteiger partial charge in [0, 0.05) is 24.6 Å². The molecule has 3 heteroatoms. The normalized spacial score (nSPS) is 8.93. The van der Waals surface area contributed by atoms with Gasteiger partial charge in [-0.2, -0.15) is 0 Å². The number of hydrogen-bond acceptors (Lipinski definition) is 2. The lowest BCUT2D eigenvalue weighted by Gasteiger charge is -1.95. The average Bonchev–Trinajstić information content (AvgIpc) is 2.25. The summed E-state index contributed by atoms with van der Waals surface area (Å²) in [5, 5.41) is 2.58. The summed E-state index contributed by atoms with van der Waals surface area (Å²) in [6, 6.07) is 7.70. The highest BCUT2D eigenvalue weighted by Gasteiger charge is 1.92. The summed E-state index contributed by atoms with van der Waals surface area (Å²) >= 11 is 0. The van der Waals surface area contributed by atoms with Crippen LogP contribution in [0.4, 0.5) is 0 Å². The van der Waals surface area contributed by atoms with E-state index in [1.165, 1.54) is 5.56 Å². The van der Waals surface area contributed by atoms with Crippen LogP contribution in [0.25, 0.3) is 0 Å². The topological polar surface area (TPSA) is 55.1 Å². The third-order valence-electron chi connectivity index (χ3n) is 1.80. The number of nitrogens with two attached hydrogens (primary N) is 1. The first-order valence-corrected chi connectivity index (χ1v) is 4.79. The van der Waals surface area contributed by atoms with Gasteiger partial charge < -0.3 is 11.1 Å². The maximum absolute atomic E-state index is 11.1. The zero-order chi connectivity index (χ0) is 11.1. The van der Waals surface area contributed by atoms with Crippen molar-refractivity contribution in [3.63, 3.8) is 0 Å². The first-order valence-electron chi connectivity index (χ1n) is 4.79. The standard InChI is InChI=1S/C12H14N2O/c1-10-2-4-11(5-3-10)6-7-12(15)14-9-8-13/h2-5H,8-9,13H2,1H3,(H,14,15). The molecule has 1 amide bonds. The van der Waals surface area contributed by atoms with Gasteiger partial charge in [-0.15, -0.1) is 0 Å². The lowest BCUT2D eigenvalue weighted by Crippen LogP contribution is -2.27. The second-order valence-corrected chi connectivity index (χ2v) is 3.16. The van der Waals surface area contributed by atoms with Gasteiger partial charge in [0.05, 0.1) is 0 Å². The molecule has 3 N–H and O–H groups in total. The summed E-state index contributed by atoms with van der Waals surface area (Å²) in [5.41, 5.74) is 7.25. The molecule has 0 radical (unpaired) electrons. The van der Waals surface area contributed by atoms with E-state index in [2.05, 4.69) is 17.2 Å². The molecule has 15 heavy (non-hydrogen) atoms. The molecule has 0 saturated heterocycles. The number of aryl methyl sites for hydroxylation is 1. The van der Waals surface area contributed by atoms with Crippen molar-refractivity contribution in [2.24, 2.45) is 5.73 Å². The molecule has 0 unspecified atom stereocenters. The van der Waals surface area contributed by atoms with E-state index < -0.39 is 0 Å². The number of benzene rings is 1. The van der Waals surface area contributed by atoms with Crippen LogP contribution >= 0.6 is 0 Å². The minimum Gasteiger partial charge on any atom is -0.344 e. The van der Waals surface area contributed by atoms with Gasteiger partial charge in [-0.25, -0.2) is 0 Å². The van der Waals surface area contributed by atoms with Gasteiger partial charge in [0.25, 0.3) is 5.91 Å². The molecule has 1 rings (SSSR count). The zero-order valence-electron chi connectivity index (χ0n) is 8.71. The Balaban J connectivity index is 2.57. The molecule has 0 aliphatic carbocycles. The fourth-order valence-corrected chi connectivity index (χ4v) is 0.996. The predicted octanol–water partition coefficient (Wildman–Crippen LogP) is 0.421. The fourth-order valence-electron chi connectivity index (χ4n) is 0.996. The molecule has 0 fully saturated rings. The average molecular weight is 202 g/mol. The van der Waals surface area contributed by atoms with Crippen molar-refractivity contribution in [3.8, 4) is 11.8 Å². The minimum atomic E-state index is -0.291. The Morgan fingerprint density at radius 3 is 2.67 bits per heavy atom. The van der Waals surface area contributed by atoms with Crippen LogP contribution in [-0.2, 0) is 4.79 Å². The number of carbonyl (C=O) groups excluding carboxylic acids is 1. The van der Waals surface area contributed by atoms with E-state index in [-0.39, 0.29) is 5.91 Å². The smallest absolute Gasteiger partial charge is 0.296 e. The highest BCUT2D eigenvalue weighted by molar-refractivity contribution is 5.94. The lowest BCUT2D eigenvalue weighted by molar-refractivity contribution is -0.115. The zero-order valence-corrected chi connectivity index (χ0v) is 8.71. The van der Waals surface area contributed by atoms with Crippen molar-refractivity contribution in [3.05, 3.63) is 35.4 Å². The van der Waals surface area contributed by atoms with E-state index in [9.17, 15) is 4.79 Å². The SMILES string of the molecule is Cc1ccc(C#CC(=O)NCCN)cc1. The summed E-state index contributed by atoms with van der Waals surface area (Å²) in [6.07, 6.45) is 0. The van der Waals surface area contributed by atoms with Gasteiger partial charge in [0.1, 0.15) is 0 Å². The van der Waals surface area contributed by atoms with Crippen LogP contribution in [0.15, 0.2) is 24.3 Å². The molecule has 1 aromatic rings. The largest absolute Gasteiger partial charge is 0.344 e. The lowest BCUT2D eigenvalue weighted by atomic mass is 10.1. The molecule has 0 aliphatic rings.